The van der Waals surface area contributed by atoms with Gasteiger partial charge in [-0.25, -0.2) is 0 Å². The zero-order chi connectivity index (χ0) is 13.2. The lowest BCUT2D eigenvalue weighted by molar-refractivity contribution is 0.0273. The highest BCUT2D eigenvalue weighted by Gasteiger charge is 2.29. The standard InChI is InChI=1S/C14H20N2O2/c1-10-4-5-11(12(15)8-10)13(17)16-14(2)6-3-7-18-9-14/h4-5,8H,3,6-7,9,15H2,1-2H3,(H,16,17). The molecule has 1 aliphatic heterocycles. The summed E-state index contributed by atoms with van der Waals surface area (Å²) in [7, 11) is 0. The molecule has 4 heteroatoms. The normalized spacial score (nSPS) is 23.7. The summed E-state index contributed by atoms with van der Waals surface area (Å²) in [6.45, 7) is 5.30. The maximum atomic E-state index is 12.2. The first-order valence-corrected chi connectivity index (χ1v) is 6.27. The van der Waals surface area contributed by atoms with Crippen molar-refractivity contribution in [1.82, 2.24) is 5.32 Å². The van der Waals surface area contributed by atoms with Gasteiger partial charge in [0.25, 0.3) is 5.91 Å². The average molecular weight is 248 g/mol. The van der Waals surface area contributed by atoms with E-state index in [9.17, 15) is 4.79 Å². The van der Waals surface area contributed by atoms with Crippen molar-refractivity contribution in [2.45, 2.75) is 32.2 Å². The molecular weight excluding hydrogens is 228 g/mol. The van der Waals surface area contributed by atoms with Crippen LogP contribution in [0.25, 0.3) is 0 Å². The molecule has 0 bridgehead atoms. The van der Waals surface area contributed by atoms with Gasteiger partial charge >= 0.3 is 0 Å². The highest BCUT2D eigenvalue weighted by Crippen LogP contribution is 2.20. The summed E-state index contributed by atoms with van der Waals surface area (Å²) in [6, 6.07) is 5.48. The summed E-state index contributed by atoms with van der Waals surface area (Å²) in [4.78, 5) is 12.2. The molecule has 0 spiro atoms. The minimum absolute atomic E-state index is 0.125. The Bertz CT molecular complexity index is 451. The summed E-state index contributed by atoms with van der Waals surface area (Å²) in [5.74, 6) is -0.125. The van der Waals surface area contributed by atoms with Crippen molar-refractivity contribution in [3.8, 4) is 0 Å². The van der Waals surface area contributed by atoms with Crippen LogP contribution < -0.4 is 11.1 Å². The van der Waals surface area contributed by atoms with Crippen LogP contribution in [0, 0.1) is 6.92 Å². The van der Waals surface area contributed by atoms with Gasteiger partial charge in [0.05, 0.1) is 17.7 Å². The van der Waals surface area contributed by atoms with E-state index in [4.69, 9.17) is 10.5 Å². The van der Waals surface area contributed by atoms with Crippen molar-refractivity contribution < 1.29 is 9.53 Å². The molecule has 4 nitrogen and oxygen atoms in total. The van der Waals surface area contributed by atoms with E-state index in [1.165, 1.54) is 0 Å². The molecule has 1 heterocycles. The zero-order valence-electron chi connectivity index (χ0n) is 11.0. The van der Waals surface area contributed by atoms with Gasteiger partial charge in [0.15, 0.2) is 0 Å². The fourth-order valence-electron chi connectivity index (χ4n) is 2.26. The molecule has 1 aromatic carbocycles. The third-order valence-corrected chi connectivity index (χ3v) is 3.30. The first-order chi connectivity index (χ1) is 8.50. The predicted molar refractivity (Wildman–Crippen MR) is 71.5 cm³/mol. The van der Waals surface area contributed by atoms with Crippen molar-refractivity contribution in [1.29, 1.82) is 0 Å². The van der Waals surface area contributed by atoms with Gasteiger partial charge in [-0.2, -0.15) is 0 Å². The van der Waals surface area contributed by atoms with Crippen LogP contribution in [0.3, 0.4) is 0 Å². The van der Waals surface area contributed by atoms with Crippen LogP contribution in [-0.2, 0) is 4.74 Å². The molecule has 1 aliphatic rings. The fraction of sp³-hybridized carbons (Fsp3) is 0.500. The van der Waals surface area contributed by atoms with Gasteiger partial charge in [0.1, 0.15) is 0 Å². The van der Waals surface area contributed by atoms with Gasteiger partial charge in [-0.05, 0) is 44.4 Å². The minimum Gasteiger partial charge on any atom is -0.398 e. The summed E-state index contributed by atoms with van der Waals surface area (Å²) in [5, 5.41) is 3.03. The Balaban J connectivity index is 2.11. The van der Waals surface area contributed by atoms with E-state index in [0.717, 1.165) is 25.0 Å². The lowest BCUT2D eigenvalue weighted by Crippen LogP contribution is -2.51. The molecule has 1 atom stereocenters. The van der Waals surface area contributed by atoms with Gasteiger partial charge in [0, 0.05) is 12.3 Å². The largest absolute Gasteiger partial charge is 0.398 e. The maximum absolute atomic E-state index is 12.2. The van der Waals surface area contributed by atoms with E-state index < -0.39 is 0 Å². The zero-order valence-corrected chi connectivity index (χ0v) is 11.0. The summed E-state index contributed by atoms with van der Waals surface area (Å²) in [6.07, 6.45) is 1.91. The third kappa shape index (κ3) is 2.82. The monoisotopic (exact) mass is 248 g/mol. The van der Waals surface area contributed by atoms with Crippen molar-refractivity contribution in [2.75, 3.05) is 18.9 Å². The number of nitrogens with one attached hydrogen (secondary N) is 1. The van der Waals surface area contributed by atoms with Crippen LogP contribution in [0.15, 0.2) is 18.2 Å². The molecule has 0 radical (unpaired) electrons. The van der Waals surface area contributed by atoms with E-state index in [1.807, 2.05) is 26.0 Å². The Hall–Kier alpha value is -1.55. The number of aryl methyl sites for hydroxylation is 1. The van der Waals surface area contributed by atoms with Crippen molar-refractivity contribution in [2.24, 2.45) is 0 Å². The van der Waals surface area contributed by atoms with Gasteiger partial charge in [-0.15, -0.1) is 0 Å². The Morgan fingerprint density at radius 3 is 2.89 bits per heavy atom. The Labute approximate surface area is 108 Å². The predicted octanol–water partition coefficient (Wildman–Crippen LogP) is 1.88. The van der Waals surface area contributed by atoms with Gasteiger partial charge in [-0.3, -0.25) is 4.79 Å². The number of carbonyl (C=O) groups excluding carboxylic acids is 1. The van der Waals surface area contributed by atoms with Crippen LogP contribution in [0.5, 0.6) is 0 Å². The molecule has 1 saturated heterocycles. The highest BCUT2D eigenvalue weighted by molar-refractivity contribution is 5.99. The molecule has 1 amide bonds. The molecule has 0 aliphatic carbocycles. The Morgan fingerprint density at radius 2 is 2.28 bits per heavy atom. The number of hydrogen-bond donors (Lipinski definition) is 2. The molecule has 1 fully saturated rings. The quantitative estimate of drug-likeness (QED) is 0.785. The second-order valence-electron chi connectivity index (χ2n) is 5.26. The molecule has 0 aromatic heterocycles. The van der Waals surface area contributed by atoms with E-state index in [1.54, 1.807) is 6.07 Å². The SMILES string of the molecule is Cc1ccc(C(=O)NC2(C)CCCOC2)c(N)c1. The highest BCUT2D eigenvalue weighted by atomic mass is 16.5. The molecular formula is C14H20N2O2. The molecule has 18 heavy (non-hydrogen) atoms. The lowest BCUT2D eigenvalue weighted by Gasteiger charge is -2.34. The third-order valence-electron chi connectivity index (χ3n) is 3.30. The van der Waals surface area contributed by atoms with Crippen molar-refractivity contribution in [3.05, 3.63) is 29.3 Å². The number of nitrogen functional groups attached to an aromatic ring is 1. The lowest BCUT2D eigenvalue weighted by atomic mass is 9.94. The number of carbonyl (C=O) groups is 1. The van der Waals surface area contributed by atoms with Crippen LogP contribution in [0.2, 0.25) is 0 Å². The first kappa shape index (κ1) is 12.9. The number of amides is 1. The minimum atomic E-state index is -0.285. The smallest absolute Gasteiger partial charge is 0.253 e. The summed E-state index contributed by atoms with van der Waals surface area (Å²) < 4.78 is 5.43. The Morgan fingerprint density at radius 1 is 1.50 bits per heavy atom. The van der Waals surface area contributed by atoms with E-state index in [2.05, 4.69) is 5.32 Å². The summed E-state index contributed by atoms with van der Waals surface area (Å²) in [5.41, 5.74) is 7.70. The van der Waals surface area contributed by atoms with Gasteiger partial charge in [-0.1, -0.05) is 6.07 Å². The second-order valence-corrected chi connectivity index (χ2v) is 5.26. The van der Waals surface area contributed by atoms with Crippen LogP contribution >= 0.6 is 0 Å². The summed E-state index contributed by atoms with van der Waals surface area (Å²) >= 11 is 0. The van der Waals surface area contributed by atoms with E-state index in [0.29, 0.717) is 17.9 Å². The average Bonchev–Trinajstić information content (AvgIpc) is 2.28. The maximum Gasteiger partial charge on any atom is 0.253 e. The number of ether oxygens (including phenoxy) is 1. The molecule has 1 aromatic rings. The number of benzene rings is 1. The molecule has 1 unspecified atom stereocenters. The van der Waals surface area contributed by atoms with Gasteiger partial charge in [0.2, 0.25) is 0 Å². The number of hydrogen-bond acceptors (Lipinski definition) is 3. The second kappa shape index (κ2) is 4.98. The molecule has 3 N–H and O–H groups in total. The van der Waals surface area contributed by atoms with Crippen LogP contribution in [0.1, 0.15) is 35.7 Å². The fourth-order valence-corrected chi connectivity index (χ4v) is 2.26. The van der Waals surface area contributed by atoms with E-state index >= 15 is 0 Å². The molecule has 0 saturated carbocycles. The number of anilines is 1. The number of nitrogens with two attached hydrogens (primary N) is 1. The van der Waals surface area contributed by atoms with Gasteiger partial charge < -0.3 is 15.8 Å². The first-order valence-electron chi connectivity index (χ1n) is 6.27. The van der Waals surface area contributed by atoms with Crippen LogP contribution in [-0.4, -0.2) is 24.7 Å². The van der Waals surface area contributed by atoms with Crippen molar-refractivity contribution in [3.63, 3.8) is 0 Å². The molecule has 2 rings (SSSR count). The number of rotatable bonds is 2. The Kier molecular flexibility index (Phi) is 3.57. The molecule has 98 valence electrons. The van der Waals surface area contributed by atoms with Crippen molar-refractivity contribution >= 4 is 11.6 Å². The van der Waals surface area contributed by atoms with Crippen LogP contribution in [0.4, 0.5) is 5.69 Å². The topological polar surface area (TPSA) is 64.3 Å². The van der Waals surface area contributed by atoms with E-state index in [-0.39, 0.29) is 11.4 Å².